The molecule has 0 amide bonds. The van der Waals surface area contributed by atoms with Gasteiger partial charge in [0.2, 0.25) is 0 Å². The van der Waals surface area contributed by atoms with Gasteiger partial charge >= 0.3 is 11.9 Å². The third-order valence-electron chi connectivity index (χ3n) is 4.41. The number of carbonyl (C=O) groups excluding carboxylic acids is 2. The number of rotatable bonds is 4. The predicted octanol–water partition coefficient (Wildman–Crippen LogP) is 2.81. The van der Waals surface area contributed by atoms with E-state index in [9.17, 15) is 9.59 Å². The van der Waals surface area contributed by atoms with Crippen LogP contribution in [0.5, 0.6) is 0 Å². The Kier molecular flexibility index (Phi) is 4.93. The van der Waals surface area contributed by atoms with Gasteiger partial charge in [-0.1, -0.05) is 60.7 Å². The number of carbonyl (C=O) groups is 2. The summed E-state index contributed by atoms with van der Waals surface area (Å²) in [4.78, 5) is 29.7. The molecule has 3 rings (SSSR count). The van der Waals surface area contributed by atoms with Crippen LogP contribution in [0.25, 0.3) is 0 Å². The molecule has 0 aliphatic carbocycles. The van der Waals surface area contributed by atoms with Gasteiger partial charge < -0.3 is 9.47 Å². The summed E-state index contributed by atoms with van der Waals surface area (Å²) in [6.45, 7) is 0. The fraction of sp³-hybridized carbons (Fsp3) is 0.250. The summed E-state index contributed by atoms with van der Waals surface area (Å²) in [5.41, 5.74) is 2.21. The summed E-state index contributed by atoms with van der Waals surface area (Å²) in [6, 6.07) is 18.3. The molecular formula is C20H19NO4. The standard InChI is InChI=1S/C20H19NO4/c1-24-19(22)15-16(20(23)25-2)18(14-11-7-4-8-12-14)21-17(15)13-9-5-3-6-10-13/h3-12,15-17H,1-2H3/t15-,16-,17+/m0/s1. The Hall–Kier alpha value is -2.95. The largest absolute Gasteiger partial charge is 0.469 e. The minimum Gasteiger partial charge on any atom is -0.469 e. The first kappa shape index (κ1) is 16.9. The summed E-state index contributed by atoms with van der Waals surface area (Å²) >= 11 is 0. The molecular weight excluding hydrogens is 318 g/mol. The zero-order valence-electron chi connectivity index (χ0n) is 14.1. The average molecular weight is 337 g/mol. The van der Waals surface area contributed by atoms with E-state index in [-0.39, 0.29) is 0 Å². The van der Waals surface area contributed by atoms with Crippen molar-refractivity contribution in [2.45, 2.75) is 6.04 Å². The number of aliphatic imine (C=N–C) groups is 1. The monoisotopic (exact) mass is 337 g/mol. The van der Waals surface area contributed by atoms with Crippen LogP contribution >= 0.6 is 0 Å². The van der Waals surface area contributed by atoms with Gasteiger partial charge in [-0.05, 0) is 11.1 Å². The number of nitrogens with zero attached hydrogens (tertiary/aromatic N) is 1. The number of hydrogen-bond donors (Lipinski definition) is 0. The van der Waals surface area contributed by atoms with Gasteiger partial charge in [-0.2, -0.15) is 0 Å². The SMILES string of the molecule is COC(=O)[C@@H]1C(c2ccccc2)=N[C@H](c2ccccc2)[C@H]1C(=O)OC. The van der Waals surface area contributed by atoms with Crippen molar-refractivity contribution >= 4 is 17.7 Å². The molecule has 1 aliphatic rings. The lowest BCUT2D eigenvalue weighted by Crippen LogP contribution is -2.35. The molecule has 0 unspecified atom stereocenters. The van der Waals surface area contributed by atoms with Crippen LogP contribution in [0.1, 0.15) is 17.2 Å². The normalized spacial score (nSPS) is 22.2. The third kappa shape index (κ3) is 3.18. The van der Waals surface area contributed by atoms with Gasteiger partial charge in [-0.25, -0.2) is 0 Å². The lowest BCUT2D eigenvalue weighted by Gasteiger charge is -2.21. The molecule has 0 bridgehead atoms. The average Bonchev–Trinajstić information content (AvgIpc) is 3.08. The molecule has 0 fully saturated rings. The molecule has 5 nitrogen and oxygen atoms in total. The highest BCUT2D eigenvalue weighted by atomic mass is 16.5. The van der Waals surface area contributed by atoms with Crippen molar-refractivity contribution in [1.82, 2.24) is 0 Å². The van der Waals surface area contributed by atoms with E-state index in [0.717, 1.165) is 11.1 Å². The van der Waals surface area contributed by atoms with Crippen molar-refractivity contribution in [2.24, 2.45) is 16.8 Å². The molecule has 0 N–H and O–H groups in total. The van der Waals surface area contributed by atoms with E-state index in [1.54, 1.807) is 0 Å². The topological polar surface area (TPSA) is 65.0 Å². The van der Waals surface area contributed by atoms with E-state index in [0.29, 0.717) is 5.71 Å². The maximum Gasteiger partial charge on any atom is 0.315 e. The first-order valence-electron chi connectivity index (χ1n) is 8.01. The molecule has 0 saturated heterocycles. The van der Waals surface area contributed by atoms with Crippen LogP contribution in [0.15, 0.2) is 65.7 Å². The van der Waals surface area contributed by atoms with Crippen LogP contribution in [-0.2, 0) is 19.1 Å². The van der Waals surface area contributed by atoms with Crippen molar-refractivity contribution in [3.8, 4) is 0 Å². The van der Waals surface area contributed by atoms with E-state index < -0.39 is 29.8 Å². The highest BCUT2D eigenvalue weighted by molar-refractivity contribution is 6.15. The molecule has 0 aromatic heterocycles. The number of methoxy groups -OCH3 is 2. The second kappa shape index (κ2) is 7.30. The van der Waals surface area contributed by atoms with Crippen LogP contribution in [0.4, 0.5) is 0 Å². The number of hydrogen-bond acceptors (Lipinski definition) is 5. The van der Waals surface area contributed by atoms with Gasteiger partial charge in [0.05, 0.1) is 26.0 Å². The highest BCUT2D eigenvalue weighted by Crippen LogP contribution is 2.41. The Bertz CT molecular complexity index is 786. The summed E-state index contributed by atoms with van der Waals surface area (Å²) in [7, 11) is 2.63. The van der Waals surface area contributed by atoms with E-state index in [2.05, 4.69) is 0 Å². The fourth-order valence-corrected chi connectivity index (χ4v) is 3.24. The van der Waals surface area contributed by atoms with Crippen molar-refractivity contribution in [2.75, 3.05) is 14.2 Å². The third-order valence-corrected chi connectivity index (χ3v) is 4.41. The Balaban J connectivity index is 2.14. The lowest BCUT2D eigenvalue weighted by molar-refractivity contribution is -0.154. The first-order chi connectivity index (χ1) is 12.2. The van der Waals surface area contributed by atoms with Crippen LogP contribution in [0.3, 0.4) is 0 Å². The molecule has 0 radical (unpaired) electrons. The van der Waals surface area contributed by atoms with Gasteiger partial charge in [-0.15, -0.1) is 0 Å². The zero-order chi connectivity index (χ0) is 17.8. The Morgan fingerprint density at radius 2 is 1.40 bits per heavy atom. The first-order valence-corrected chi connectivity index (χ1v) is 8.01. The second-order valence-corrected chi connectivity index (χ2v) is 5.79. The van der Waals surface area contributed by atoms with E-state index in [1.807, 2.05) is 60.7 Å². The smallest absolute Gasteiger partial charge is 0.315 e. The molecule has 2 aromatic carbocycles. The lowest BCUT2D eigenvalue weighted by atomic mass is 9.82. The molecule has 25 heavy (non-hydrogen) atoms. The van der Waals surface area contributed by atoms with Crippen molar-refractivity contribution in [3.05, 3.63) is 71.8 Å². The van der Waals surface area contributed by atoms with Crippen LogP contribution in [0, 0.1) is 11.8 Å². The van der Waals surface area contributed by atoms with Gasteiger partial charge in [0.25, 0.3) is 0 Å². The van der Waals surface area contributed by atoms with Crippen molar-refractivity contribution in [3.63, 3.8) is 0 Å². The minimum absolute atomic E-state index is 0.473. The number of ether oxygens (including phenoxy) is 2. The van der Waals surface area contributed by atoms with Gasteiger partial charge in [0, 0.05) is 0 Å². The second-order valence-electron chi connectivity index (χ2n) is 5.79. The van der Waals surface area contributed by atoms with Gasteiger partial charge in [0.15, 0.2) is 0 Å². The molecule has 0 spiro atoms. The maximum atomic E-state index is 12.5. The molecule has 1 aliphatic heterocycles. The Labute approximate surface area is 146 Å². The quantitative estimate of drug-likeness (QED) is 0.805. The molecule has 2 aromatic rings. The number of esters is 2. The molecule has 128 valence electrons. The molecule has 3 atom stereocenters. The van der Waals surface area contributed by atoms with Gasteiger partial charge in [-0.3, -0.25) is 14.6 Å². The molecule has 5 heteroatoms. The van der Waals surface area contributed by atoms with Crippen LogP contribution in [0.2, 0.25) is 0 Å². The fourth-order valence-electron chi connectivity index (χ4n) is 3.24. The predicted molar refractivity (Wildman–Crippen MR) is 93.2 cm³/mol. The highest BCUT2D eigenvalue weighted by Gasteiger charge is 2.49. The van der Waals surface area contributed by atoms with Crippen LogP contribution < -0.4 is 0 Å². The van der Waals surface area contributed by atoms with E-state index in [4.69, 9.17) is 14.5 Å². The van der Waals surface area contributed by atoms with E-state index >= 15 is 0 Å². The molecule has 1 heterocycles. The maximum absolute atomic E-state index is 12.5. The molecule has 0 saturated carbocycles. The van der Waals surface area contributed by atoms with E-state index in [1.165, 1.54) is 14.2 Å². The zero-order valence-corrected chi connectivity index (χ0v) is 14.1. The summed E-state index contributed by atoms with van der Waals surface area (Å²) < 4.78 is 9.94. The minimum atomic E-state index is -0.801. The summed E-state index contributed by atoms with van der Waals surface area (Å²) in [5, 5.41) is 0. The van der Waals surface area contributed by atoms with Crippen molar-refractivity contribution in [1.29, 1.82) is 0 Å². The van der Waals surface area contributed by atoms with Crippen LogP contribution in [-0.4, -0.2) is 31.9 Å². The summed E-state index contributed by atoms with van der Waals surface area (Å²) in [5.74, 6) is -2.52. The number of benzene rings is 2. The summed E-state index contributed by atoms with van der Waals surface area (Å²) in [6.07, 6.45) is 0. The Morgan fingerprint density at radius 1 is 0.840 bits per heavy atom. The van der Waals surface area contributed by atoms with Gasteiger partial charge in [0.1, 0.15) is 11.8 Å². The van der Waals surface area contributed by atoms with Crippen molar-refractivity contribution < 1.29 is 19.1 Å². The Morgan fingerprint density at radius 3 is 1.96 bits per heavy atom.